The van der Waals surface area contributed by atoms with Gasteiger partial charge in [-0.05, 0) is 30.2 Å². The first kappa shape index (κ1) is 34.7. The van der Waals surface area contributed by atoms with Gasteiger partial charge in [0.15, 0.2) is 5.60 Å². The van der Waals surface area contributed by atoms with Crippen LogP contribution in [0.1, 0.15) is 57.8 Å². The van der Waals surface area contributed by atoms with Crippen LogP contribution in [0.2, 0.25) is 0 Å². The number of fused-ring (bicyclic) bond motifs is 5. The van der Waals surface area contributed by atoms with Crippen molar-refractivity contribution in [2.45, 2.75) is 101 Å². The zero-order valence-electron chi connectivity index (χ0n) is 25.6. The second-order valence-corrected chi connectivity index (χ2v) is 14.9. The molecule has 1 unspecified atom stereocenters. The maximum atomic E-state index is 13.7. The molecule has 1 heterocycles. The number of alkyl halides is 3. The molecule has 4 aliphatic rings. The number of esters is 2. The molecule has 1 aliphatic heterocycles. The number of carbonyl (C=O) groups excluding carboxylic acids is 2. The summed E-state index contributed by atoms with van der Waals surface area (Å²) < 4.78 is 88.3. The number of aliphatic hydroxyl groups is 4. The van der Waals surface area contributed by atoms with Crippen LogP contribution in [0.25, 0.3) is 0 Å². The van der Waals surface area contributed by atoms with Gasteiger partial charge < -0.3 is 34.6 Å². The van der Waals surface area contributed by atoms with Gasteiger partial charge in [0.2, 0.25) is 0 Å². The predicted octanol–water partition coefficient (Wildman–Crippen LogP) is 1.75. The third-order valence-corrected chi connectivity index (χ3v) is 11.7. The number of carbonyl (C=O) groups is 2. The Morgan fingerprint density at radius 2 is 1.67 bits per heavy atom. The fraction of sp³-hybridized carbons (Fsp3) is 0.667. The Morgan fingerprint density at radius 1 is 1.07 bits per heavy atom. The molecule has 16 heteroatoms. The van der Waals surface area contributed by atoms with Crippen LogP contribution in [0.5, 0.6) is 0 Å². The standard InChI is InChI=1S/C30H37F3O12S/c1-14-17(35)12-29(39)24(43-25(38)16-9-7-6-8-10-16)22-27(5,23(37)21(36)20(14)26(29,3)4)18(45-46(40,41)30(31,32)33)11-19-28(22,13-42-19)44-15(2)34/h6-10,17-19,21-24,35-37,39H,11-13H2,1-5H3/t17-,18-,19?,21+,22-,23+,24-,27+,28-,29+/m0/s1. The van der Waals surface area contributed by atoms with Gasteiger partial charge in [0.05, 0.1) is 36.4 Å². The van der Waals surface area contributed by atoms with Gasteiger partial charge in [-0.1, -0.05) is 39.0 Å². The molecule has 1 aromatic rings. The molecule has 1 aromatic carbocycles. The van der Waals surface area contributed by atoms with Crippen molar-refractivity contribution < 1.29 is 70.0 Å². The Labute approximate surface area is 263 Å². The zero-order valence-corrected chi connectivity index (χ0v) is 26.5. The second-order valence-electron chi connectivity index (χ2n) is 13.4. The summed E-state index contributed by atoms with van der Waals surface area (Å²) >= 11 is 0. The number of hydrogen-bond donors (Lipinski definition) is 4. The lowest BCUT2D eigenvalue weighted by Gasteiger charge is -2.69. The highest BCUT2D eigenvalue weighted by atomic mass is 32.2. The van der Waals surface area contributed by atoms with Gasteiger partial charge in [0.25, 0.3) is 0 Å². The normalized spacial score (nSPS) is 40.4. The molecule has 2 saturated carbocycles. The molecule has 5 rings (SSSR count). The summed E-state index contributed by atoms with van der Waals surface area (Å²) in [6.07, 6.45) is -12.3. The number of benzene rings is 1. The molecule has 12 nitrogen and oxygen atoms in total. The lowest BCUT2D eigenvalue weighted by molar-refractivity contribution is -0.362. The molecular formula is C30H37F3O12S. The second kappa shape index (κ2) is 11.0. The molecule has 256 valence electrons. The van der Waals surface area contributed by atoms with Crippen molar-refractivity contribution >= 4 is 22.1 Å². The molecule has 0 aromatic heterocycles. The van der Waals surface area contributed by atoms with E-state index in [1.54, 1.807) is 6.07 Å². The van der Waals surface area contributed by atoms with E-state index in [0.29, 0.717) is 0 Å². The lowest BCUT2D eigenvalue weighted by atomic mass is 9.44. The fourth-order valence-corrected chi connectivity index (χ4v) is 8.91. The van der Waals surface area contributed by atoms with Crippen molar-refractivity contribution in [1.29, 1.82) is 0 Å². The third-order valence-electron chi connectivity index (χ3n) is 10.7. The maximum Gasteiger partial charge on any atom is 0.523 e. The lowest BCUT2D eigenvalue weighted by Crippen LogP contribution is -2.82. The van der Waals surface area contributed by atoms with Gasteiger partial charge in [-0.3, -0.25) is 8.98 Å². The number of ether oxygens (including phenoxy) is 3. The van der Waals surface area contributed by atoms with E-state index in [1.165, 1.54) is 45.0 Å². The maximum absolute atomic E-state index is 13.7. The van der Waals surface area contributed by atoms with Crippen LogP contribution in [-0.4, -0.2) is 101 Å². The van der Waals surface area contributed by atoms with Gasteiger partial charge in [-0.2, -0.15) is 21.6 Å². The van der Waals surface area contributed by atoms with Crippen LogP contribution >= 0.6 is 0 Å². The molecule has 4 N–H and O–H groups in total. The molecule has 1 saturated heterocycles. The van der Waals surface area contributed by atoms with E-state index in [4.69, 9.17) is 18.4 Å². The average Bonchev–Trinajstić information content (AvgIpc) is 2.94. The van der Waals surface area contributed by atoms with Crippen molar-refractivity contribution in [3.63, 3.8) is 0 Å². The van der Waals surface area contributed by atoms with Crippen LogP contribution in [0.3, 0.4) is 0 Å². The first-order valence-corrected chi connectivity index (χ1v) is 16.0. The fourth-order valence-electron chi connectivity index (χ4n) is 8.21. The van der Waals surface area contributed by atoms with E-state index in [2.05, 4.69) is 0 Å². The van der Waals surface area contributed by atoms with Crippen LogP contribution in [0.4, 0.5) is 13.2 Å². The van der Waals surface area contributed by atoms with E-state index in [9.17, 15) is 51.6 Å². The highest BCUT2D eigenvalue weighted by Gasteiger charge is 2.78. The minimum absolute atomic E-state index is 0.0113. The summed E-state index contributed by atoms with van der Waals surface area (Å²) in [6, 6.07) is 7.45. The van der Waals surface area contributed by atoms with E-state index >= 15 is 0 Å². The summed E-state index contributed by atoms with van der Waals surface area (Å²) in [4.78, 5) is 26.3. The van der Waals surface area contributed by atoms with E-state index in [-0.39, 0.29) is 16.7 Å². The van der Waals surface area contributed by atoms with Crippen molar-refractivity contribution in [3.05, 3.63) is 47.0 Å². The quantitative estimate of drug-likeness (QED) is 0.153. The minimum atomic E-state index is -6.35. The molecular weight excluding hydrogens is 641 g/mol. The van der Waals surface area contributed by atoms with Gasteiger partial charge in [-0.25, -0.2) is 4.79 Å². The first-order chi connectivity index (χ1) is 21.1. The smallest absolute Gasteiger partial charge is 0.455 e. The average molecular weight is 679 g/mol. The molecule has 0 amide bonds. The SMILES string of the molecule is CC(=O)O[C@@]12COC1C[C@H](OS(=O)(=O)C(F)(F)F)[C@@]1(C)[C@H](O)[C@H](O)C3=C(C)[C@@H](O)C[C@@](O)([C@@H](OC(=O)c4ccccc4)[C@@H]12)C3(C)C. The molecule has 3 fully saturated rings. The van der Waals surface area contributed by atoms with Crippen LogP contribution < -0.4 is 0 Å². The molecule has 3 aliphatic carbocycles. The summed E-state index contributed by atoms with van der Waals surface area (Å²) in [5.41, 5.74) is -14.2. The number of rotatable bonds is 5. The number of halogens is 3. The summed E-state index contributed by atoms with van der Waals surface area (Å²) in [6.45, 7) is 6.07. The summed E-state index contributed by atoms with van der Waals surface area (Å²) in [5, 5.41) is 47.8. The summed E-state index contributed by atoms with van der Waals surface area (Å²) in [5.74, 6) is -3.72. The Hall–Kier alpha value is -2.60. The largest absolute Gasteiger partial charge is 0.523 e. The molecule has 2 bridgehead atoms. The van der Waals surface area contributed by atoms with Gasteiger partial charge in [0.1, 0.15) is 23.9 Å². The van der Waals surface area contributed by atoms with Gasteiger partial charge in [0, 0.05) is 30.6 Å². The summed E-state index contributed by atoms with van der Waals surface area (Å²) in [7, 11) is -6.35. The topological polar surface area (TPSA) is 186 Å². The van der Waals surface area contributed by atoms with Crippen molar-refractivity contribution in [2.24, 2.45) is 16.7 Å². The van der Waals surface area contributed by atoms with Crippen LogP contribution in [0, 0.1) is 16.7 Å². The Morgan fingerprint density at radius 3 is 2.20 bits per heavy atom. The number of aliphatic hydroxyl groups excluding tert-OH is 3. The highest BCUT2D eigenvalue weighted by Crippen LogP contribution is 2.65. The monoisotopic (exact) mass is 678 g/mol. The predicted molar refractivity (Wildman–Crippen MR) is 150 cm³/mol. The molecule has 0 spiro atoms. The minimum Gasteiger partial charge on any atom is -0.455 e. The van der Waals surface area contributed by atoms with E-state index in [0.717, 1.165) is 13.8 Å². The van der Waals surface area contributed by atoms with Gasteiger partial charge in [-0.15, -0.1) is 0 Å². The van der Waals surface area contributed by atoms with Gasteiger partial charge >= 0.3 is 27.6 Å². The number of hydrogen-bond acceptors (Lipinski definition) is 12. The van der Waals surface area contributed by atoms with E-state index < -0.39 is 112 Å². The highest BCUT2D eigenvalue weighted by molar-refractivity contribution is 7.87. The Kier molecular flexibility index (Phi) is 8.28. The molecule has 10 atom stereocenters. The van der Waals surface area contributed by atoms with E-state index in [1.807, 2.05) is 0 Å². The Balaban J connectivity index is 1.84. The third kappa shape index (κ3) is 4.82. The van der Waals surface area contributed by atoms with Crippen LogP contribution in [-0.2, 0) is 33.3 Å². The molecule has 46 heavy (non-hydrogen) atoms. The van der Waals surface area contributed by atoms with Crippen LogP contribution in [0.15, 0.2) is 41.5 Å². The Bertz CT molecular complexity index is 1550. The zero-order chi connectivity index (χ0) is 34.4. The molecule has 0 radical (unpaired) electrons. The van der Waals surface area contributed by atoms with Crippen molar-refractivity contribution in [1.82, 2.24) is 0 Å². The van der Waals surface area contributed by atoms with Crippen molar-refractivity contribution in [3.8, 4) is 0 Å². The first-order valence-electron chi connectivity index (χ1n) is 14.6. The van der Waals surface area contributed by atoms with Crippen molar-refractivity contribution in [2.75, 3.05) is 6.61 Å².